The largest absolute Gasteiger partial charge is 0.380 e. The fourth-order valence-corrected chi connectivity index (χ4v) is 4.40. The van der Waals surface area contributed by atoms with Crippen LogP contribution in [0.15, 0.2) is 34.8 Å². The van der Waals surface area contributed by atoms with Crippen LogP contribution in [0.1, 0.15) is 23.3 Å². The van der Waals surface area contributed by atoms with Crippen LogP contribution >= 0.6 is 38.9 Å². The highest BCUT2D eigenvalue weighted by Gasteiger charge is 2.13. The van der Waals surface area contributed by atoms with E-state index in [-0.39, 0.29) is 0 Å². The third-order valence-electron chi connectivity index (χ3n) is 3.76. The van der Waals surface area contributed by atoms with Crippen molar-refractivity contribution in [1.29, 1.82) is 0 Å². The molecule has 1 aromatic carbocycles. The quantitative estimate of drug-likeness (QED) is 0.744. The summed E-state index contributed by atoms with van der Waals surface area (Å²) in [6.07, 6.45) is 2.66. The number of hydrogen-bond donors (Lipinski definition) is 1. The molecule has 2 nitrogen and oxygen atoms in total. The number of hydrogen-bond acceptors (Lipinski definition) is 3. The van der Waals surface area contributed by atoms with Gasteiger partial charge >= 0.3 is 0 Å². The topological polar surface area (TPSA) is 15.3 Å². The molecule has 0 radical (unpaired) electrons. The fourth-order valence-electron chi connectivity index (χ4n) is 2.67. The van der Waals surface area contributed by atoms with E-state index in [0.717, 1.165) is 21.9 Å². The third kappa shape index (κ3) is 4.01. The Kier molecular flexibility index (Phi) is 5.22. The maximum absolute atomic E-state index is 6.09. The van der Waals surface area contributed by atoms with E-state index in [1.54, 1.807) is 11.3 Å². The standard InChI is InChI=1S/C16H18BrClN2S/c17-14-9-13(21-16(14)18)10-19-15-6-2-1-5-12(15)11-20-7-3-4-8-20/h1-2,5-6,9,19H,3-4,7-8,10-11H2. The van der Waals surface area contributed by atoms with Gasteiger partial charge in [-0.15, -0.1) is 11.3 Å². The highest BCUT2D eigenvalue weighted by Crippen LogP contribution is 2.32. The van der Waals surface area contributed by atoms with Crippen LogP contribution in [0.25, 0.3) is 0 Å². The third-order valence-corrected chi connectivity index (χ3v) is 6.23. The van der Waals surface area contributed by atoms with Gasteiger partial charge in [-0.3, -0.25) is 4.90 Å². The Hall–Kier alpha value is -0.550. The van der Waals surface area contributed by atoms with Gasteiger partial charge in [-0.1, -0.05) is 29.8 Å². The second-order valence-corrected chi connectivity index (χ2v) is 7.92. The molecule has 0 bridgehead atoms. The van der Waals surface area contributed by atoms with E-state index in [9.17, 15) is 0 Å². The number of nitrogens with one attached hydrogen (secondary N) is 1. The highest BCUT2D eigenvalue weighted by molar-refractivity contribution is 9.10. The Balaban J connectivity index is 1.66. The maximum Gasteiger partial charge on any atom is 0.107 e. The van der Waals surface area contributed by atoms with E-state index in [1.165, 1.54) is 42.1 Å². The van der Waals surface area contributed by atoms with Crippen molar-refractivity contribution in [1.82, 2.24) is 4.90 Å². The number of benzene rings is 1. The van der Waals surface area contributed by atoms with Crippen LogP contribution in [0, 0.1) is 0 Å². The Morgan fingerprint density at radius 1 is 1.24 bits per heavy atom. The van der Waals surface area contributed by atoms with Gasteiger partial charge in [-0.25, -0.2) is 0 Å². The zero-order valence-electron chi connectivity index (χ0n) is 11.7. The normalized spacial score (nSPS) is 15.5. The average molecular weight is 386 g/mol. The van der Waals surface area contributed by atoms with E-state index in [4.69, 9.17) is 11.6 Å². The summed E-state index contributed by atoms with van der Waals surface area (Å²) in [6, 6.07) is 10.7. The van der Waals surface area contributed by atoms with Gasteiger partial charge in [0.2, 0.25) is 0 Å². The van der Waals surface area contributed by atoms with Crippen LogP contribution in [-0.2, 0) is 13.1 Å². The first kappa shape index (κ1) is 15.3. The summed E-state index contributed by atoms with van der Waals surface area (Å²) in [5, 5.41) is 3.55. The molecule has 1 aliphatic rings. The second kappa shape index (κ2) is 7.14. The van der Waals surface area contributed by atoms with Gasteiger partial charge in [-0.05, 0) is 59.6 Å². The number of halogens is 2. The summed E-state index contributed by atoms with van der Waals surface area (Å²) in [5.74, 6) is 0. The van der Waals surface area contributed by atoms with Gasteiger partial charge in [0, 0.05) is 28.1 Å². The first-order valence-corrected chi connectivity index (χ1v) is 9.19. The lowest BCUT2D eigenvalue weighted by molar-refractivity contribution is 0.332. The van der Waals surface area contributed by atoms with Gasteiger partial charge < -0.3 is 5.32 Å². The van der Waals surface area contributed by atoms with Gasteiger partial charge in [0.15, 0.2) is 0 Å². The number of anilines is 1. The van der Waals surface area contributed by atoms with Crippen molar-refractivity contribution in [3.05, 3.63) is 49.6 Å². The van der Waals surface area contributed by atoms with E-state index in [2.05, 4.69) is 56.5 Å². The number of para-hydroxylation sites is 1. The van der Waals surface area contributed by atoms with Crippen molar-refractivity contribution in [2.45, 2.75) is 25.9 Å². The molecule has 1 aliphatic heterocycles. The number of thiophene rings is 1. The molecule has 2 heterocycles. The molecule has 1 saturated heterocycles. The highest BCUT2D eigenvalue weighted by atomic mass is 79.9. The minimum Gasteiger partial charge on any atom is -0.380 e. The van der Waals surface area contributed by atoms with Crippen LogP contribution in [0.2, 0.25) is 4.34 Å². The minimum absolute atomic E-state index is 0.813. The molecule has 2 aromatic rings. The zero-order valence-corrected chi connectivity index (χ0v) is 14.9. The number of likely N-dealkylation sites (tertiary alicyclic amines) is 1. The van der Waals surface area contributed by atoms with Crippen LogP contribution in [0.3, 0.4) is 0 Å². The number of nitrogens with zero attached hydrogens (tertiary/aromatic N) is 1. The van der Waals surface area contributed by atoms with Gasteiger partial charge in [0.05, 0.1) is 0 Å². The van der Waals surface area contributed by atoms with E-state index < -0.39 is 0 Å². The van der Waals surface area contributed by atoms with E-state index >= 15 is 0 Å². The summed E-state index contributed by atoms with van der Waals surface area (Å²) in [7, 11) is 0. The number of rotatable bonds is 5. The molecular weight excluding hydrogens is 368 g/mol. The molecule has 21 heavy (non-hydrogen) atoms. The van der Waals surface area contributed by atoms with Crippen molar-refractivity contribution in [3.8, 4) is 0 Å². The van der Waals surface area contributed by atoms with Crippen molar-refractivity contribution in [2.24, 2.45) is 0 Å². The SMILES string of the molecule is Clc1sc(CNc2ccccc2CN2CCCC2)cc1Br. The van der Waals surface area contributed by atoms with E-state index in [1.807, 2.05) is 0 Å². The average Bonchev–Trinajstić information content (AvgIpc) is 3.09. The smallest absolute Gasteiger partial charge is 0.107 e. The fraction of sp³-hybridized carbons (Fsp3) is 0.375. The minimum atomic E-state index is 0.813. The summed E-state index contributed by atoms with van der Waals surface area (Å²) in [5.41, 5.74) is 2.60. The molecule has 0 saturated carbocycles. The van der Waals surface area contributed by atoms with Crippen molar-refractivity contribution >= 4 is 44.6 Å². The summed E-state index contributed by atoms with van der Waals surface area (Å²) in [4.78, 5) is 3.77. The molecule has 0 amide bonds. The van der Waals surface area contributed by atoms with Crippen LogP contribution in [-0.4, -0.2) is 18.0 Å². The first-order chi connectivity index (χ1) is 10.2. The van der Waals surface area contributed by atoms with Crippen molar-refractivity contribution < 1.29 is 0 Å². The molecule has 1 aromatic heterocycles. The Bertz CT molecular complexity index is 589. The maximum atomic E-state index is 6.09. The first-order valence-electron chi connectivity index (χ1n) is 7.20. The van der Waals surface area contributed by atoms with Gasteiger partial charge in [0.25, 0.3) is 0 Å². The lowest BCUT2D eigenvalue weighted by Crippen LogP contribution is -2.19. The summed E-state index contributed by atoms with van der Waals surface area (Å²) < 4.78 is 1.80. The lowest BCUT2D eigenvalue weighted by atomic mass is 10.1. The van der Waals surface area contributed by atoms with E-state index in [0.29, 0.717) is 0 Å². The molecule has 0 unspecified atom stereocenters. The van der Waals surface area contributed by atoms with Crippen LogP contribution in [0.4, 0.5) is 5.69 Å². The molecule has 112 valence electrons. The molecule has 0 aliphatic carbocycles. The molecule has 5 heteroatoms. The lowest BCUT2D eigenvalue weighted by Gasteiger charge is -2.18. The predicted octanol–water partition coefficient (Wildman–Crippen LogP) is 5.37. The van der Waals surface area contributed by atoms with Crippen molar-refractivity contribution in [2.75, 3.05) is 18.4 Å². The monoisotopic (exact) mass is 384 g/mol. The molecule has 1 N–H and O–H groups in total. The van der Waals surface area contributed by atoms with Gasteiger partial charge in [0.1, 0.15) is 4.34 Å². The zero-order chi connectivity index (χ0) is 14.7. The molecule has 1 fully saturated rings. The predicted molar refractivity (Wildman–Crippen MR) is 95.3 cm³/mol. The Morgan fingerprint density at radius 3 is 2.71 bits per heavy atom. The molecule has 3 rings (SSSR count). The van der Waals surface area contributed by atoms with Gasteiger partial charge in [-0.2, -0.15) is 0 Å². The summed E-state index contributed by atoms with van der Waals surface area (Å²) >= 11 is 11.2. The summed E-state index contributed by atoms with van der Waals surface area (Å²) in [6.45, 7) is 4.30. The van der Waals surface area contributed by atoms with Crippen LogP contribution in [0.5, 0.6) is 0 Å². The Morgan fingerprint density at radius 2 is 2.00 bits per heavy atom. The van der Waals surface area contributed by atoms with Crippen molar-refractivity contribution in [3.63, 3.8) is 0 Å². The Labute approximate surface area is 143 Å². The second-order valence-electron chi connectivity index (χ2n) is 5.33. The molecular formula is C16H18BrClN2S. The molecule has 0 atom stereocenters. The molecule has 0 spiro atoms. The van der Waals surface area contributed by atoms with Crippen LogP contribution < -0.4 is 5.32 Å².